The summed E-state index contributed by atoms with van der Waals surface area (Å²) in [4.78, 5) is 16.8. The number of rotatable bonds is 1. The molecule has 0 spiro atoms. The molecule has 0 amide bonds. The summed E-state index contributed by atoms with van der Waals surface area (Å²) in [6.45, 7) is 12.7. The van der Waals surface area contributed by atoms with Gasteiger partial charge < -0.3 is 36.1 Å². The Bertz CT molecular complexity index is 782. The van der Waals surface area contributed by atoms with Crippen molar-refractivity contribution in [2.24, 2.45) is 11.7 Å². The third kappa shape index (κ3) is 134. The lowest BCUT2D eigenvalue weighted by atomic mass is 10.0. The van der Waals surface area contributed by atoms with Crippen LogP contribution < -0.4 is 16.4 Å². The van der Waals surface area contributed by atoms with E-state index in [9.17, 15) is 8.42 Å². The summed E-state index contributed by atoms with van der Waals surface area (Å²) in [7, 11) is 7.51. The Morgan fingerprint density at radius 3 is 1.48 bits per heavy atom. The van der Waals surface area contributed by atoms with Gasteiger partial charge in [0.2, 0.25) is 0 Å². The van der Waals surface area contributed by atoms with Crippen molar-refractivity contribution in [3.63, 3.8) is 0 Å². The molecule has 0 saturated carbocycles. The molecule has 46 heavy (non-hydrogen) atoms. The maximum Gasteiger partial charge on any atom is 0.300 e. The average molecular weight is 704 g/mol. The van der Waals surface area contributed by atoms with Gasteiger partial charge in [0, 0.05) is 66.3 Å². The molecule has 278 valence electrons. The van der Waals surface area contributed by atoms with Crippen LogP contribution in [-0.4, -0.2) is 121 Å². The van der Waals surface area contributed by atoms with Crippen LogP contribution in [0.5, 0.6) is 0 Å². The first-order chi connectivity index (χ1) is 21.7. The van der Waals surface area contributed by atoms with Crippen LogP contribution in [-0.2, 0) is 24.4 Å². The number of methoxy groups -OCH3 is 2. The molecule has 3 rings (SSSR count). The zero-order chi connectivity index (χ0) is 38.2. The molecule has 0 unspecified atom stereocenters. The van der Waals surface area contributed by atoms with Gasteiger partial charge >= 0.3 is 0 Å². The van der Waals surface area contributed by atoms with Gasteiger partial charge in [-0.25, -0.2) is 0 Å². The van der Waals surface area contributed by atoms with Gasteiger partial charge in [-0.3, -0.25) is 19.3 Å². The number of nitrogens with zero attached hydrogens (tertiary/aromatic N) is 2. The molecule has 0 aromatic carbocycles. The fraction of sp³-hybridized carbons (Fsp3) is 0.645. The summed E-state index contributed by atoms with van der Waals surface area (Å²) in [6, 6.07) is 9.80. The van der Waals surface area contributed by atoms with Crippen LogP contribution in [0.25, 0.3) is 0 Å². The van der Waals surface area contributed by atoms with Crippen molar-refractivity contribution in [3.8, 4) is 0 Å². The first-order valence-electron chi connectivity index (χ1n) is 14.2. The second-order valence-electron chi connectivity index (χ2n) is 8.17. The summed E-state index contributed by atoms with van der Waals surface area (Å²) in [5.74, 6) is 0.140. The first-order valence-corrected chi connectivity index (χ1v) is 16.9. The van der Waals surface area contributed by atoms with Gasteiger partial charge in [-0.1, -0.05) is 13.0 Å². The number of hydrogen-bond acceptors (Lipinski definition) is 12. The topological polar surface area (TPSA) is 206 Å². The fourth-order valence-corrected chi connectivity index (χ4v) is 1.84. The van der Waals surface area contributed by atoms with E-state index in [1.54, 1.807) is 46.2 Å². The second-order valence-corrected chi connectivity index (χ2v) is 9.63. The molecule has 2 aromatic heterocycles. The Kier molecular flexibility index (Phi) is 84.0. The highest BCUT2D eigenvalue weighted by Crippen LogP contribution is 2.08. The summed E-state index contributed by atoms with van der Waals surface area (Å²) >= 11 is 3.53. The van der Waals surface area contributed by atoms with Gasteiger partial charge in [0.05, 0.1) is 6.26 Å². The van der Waals surface area contributed by atoms with E-state index in [1.807, 2.05) is 65.2 Å². The normalized spacial score (nSPS) is 10.1. The molecule has 0 aliphatic carbocycles. The minimum atomic E-state index is -3.67. The number of aryl methyl sites for hydroxylation is 2. The highest BCUT2D eigenvalue weighted by atomic mass is 32.2. The number of aliphatic hydroxyl groups excluding tert-OH is 1. The zero-order valence-electron chi connectivity index (χ0n) is 30.9. The number of pyridine rings is 2. The number of carboxylic acids is 1. The van der Waals surface area contributed by atoms with Crippen LogP contribution in [0.1, 0.15) is 44.9 Å². The molecule has 0 radical (unpaired) electrons. The van der Waals surface area contributed by atoms with E-state index < -0.39 is 16.1 Å². The molecule has 1 fully saturated rings. The quantitative estimate of drug-likeness (QED) is 0.167. The minimum Gasteiger partial charge on any atom is -0.481 e. The Balaban J connectivity index is -0.0000000595. The van der Waals surface area contributed by atoms with E-state index in [-0.39, 0.29) is 0 Å². The summed E-state index contributed by atoms with van der Waals surface area (Å²) in [5, 5.41) is 20.5. The van der Waals surface area contributed by atoms with Gasteiger partial charge in [-0.05, 0) is 110 Å². The number of nitrogens with two attached hydrogens (primary N) is 1. The van der Waals surface area contributed by atoms with Crippen LogP contribution in [0, 0.1) is 19.8 Å². The monoisotopic (exact) mass is 703 g/mol. The number of aromatic nitrogens is 2. The lowest BCUT2D eigenvalue weighted by Gasteiger charge is -2.17. The van der Waals surface area contributed by atoms with Gasteiger partial charge in [0.25, 0.3) is 16.1 Å². The van der Waals surface area contributed by atoms with Crippen LogP contribution in [0.2, 0.25) is 0 Å². The van der Waals surface area contributed by atoms with E-state index >= 15 is 0 Å². The van der Waals surface area contributed by atoms with Crippen molar-refractivity contribution in [2.45, 2.75) is 47.5 Å². The highest BCUT2D eigenvalue weighted by Gasteiger charge is 2.05. The number of thiol groups is 1. The largest absolute Gasteiger partial charge is 0.481 e. The van der Waals surface area contributed by atoms with Gasteiger partial charge in [-0.15, -0.1) is 0 Å². The maximum atomic E-state index is 9.19. The third-order valence-corrected chi connectivity index (χ3v) is 3.58. The van der Waals surface area contributed by atoms with Crippen molar-refractivity contribution in [2.75, 3.05) is 81.8 Å². The Morgan fingerprint density at radius 2 is 1.35 bits per heavy atom. The summed E-state index contributed by atoms with van der Waals surface area (Å²) < 4.78 is 34.7. The van der Waals surface area contributed by atoms with Gasteiger partial charge in [-0.2, -0.15) is 21.0 Å². The standard InChI is InChI=1S/C6H13N.2C6H7N.C3H8O.C2H7N.C2H4O2.C2H6O.CH5N.CH4O3S.CH4O.CH4S/c2*1-6-2-4-7-5-3-6;1-6-4-2-3-5-7-6;1-3-4-2;1-3-2;1-2(3)4;1-3-2;1-2;1-5(2,3)4;2*1-2/h6-7H,2-5H2,1H3;2*2-5H,1H3;3H2,1-2H3;3H,1-2H3;1H3,(H,3,4);1-2H3;2H2,1H3;1H3,(H,2,3,4);2*2H,1H3. The predicted molar refractivity (Wildman–Crippen MR) is 199 cm³/mol. The smallest absolute Gasteiger partial charge is 0.300 e. The molecule has 15 heteroatoms. The number of aliphatic carboxylic acids is 1. The van der Waals surface area contributed by atoms with E-state index in [0.717, 1.165) is 32.3 Å². The van der Waals surface area contributed by atoms with Crippen molar-refractivity contribution in [3.05, 3.63) is 60.2 Å². The Labute approximate surface area is 287 Å². The molecular weight excluding hydrogens is 635 g/mol. The molecule has 13 nitrogen and oxygen atoms in total. The Hall–Kier alpha value is -2.21. The molecule has 1 aliphatic heterocycles. The number of aliphatic hydroxyl groups is 1. The number of carbonyl (C=O) groups is 1. The number of nitrogens with one attached hydrogen (secondary N) is 2. The maximum absolute atomic E-state index is 9.19. The third-order valence-electron chi connectivity index (χ3n) is 3.58. The number of hydrogen-bond donors (Lipinski definition) is 7. The fourth-order valence-electron chi connectivity index (χ4n) is 1.84. The minimum absolute atomic E-state index is 0.715. The number of piperidine rings is 1. The number of ether oxygens (including phenoxy) is 2. The van der Waals surface area contributed by atoms with E-state index in [0.29, 0.717) is 6.26 Å². The lowest BCUT2D eigenvalue weighted by molar-refractivity contribution is -0.134. The second kappa shape index (κ2) is 61.7. The molecule has 3 heterocycles. The van der Waals surface area contributed by atoms with Crippen LogP contribution in [0.4, 0.5) is 0 Å². The average Bonchev–Trinajstić information content (AvgIpc) is 3.02. The van der Waals surface area contributed by atoms with Crippen molar-refractivity contribution < 1.29 is 37.5 Å². The summed E-state index contributed by atoms with van der Waals surface area (Å²) in [5.41, 5.74) is 6.83. The van der Waals surface area contributed by atoms with E-state index in [4.69, 9.17) is 19.6 Å². The molecule has 0 atom stereocenters. The molecule has 0 bridgehead atoms. The lowest BCUT2D eigenvalue weighted by Crippen LogP contribution is -2.26. The zero-order valence-corrected chi connectivity index (χ0v) is 32.7. The highest BCUT2D eigenvalue weighted by molar-refractivity contribution is 7.85. The van der Waals surface area contributed by atoms with Crippen LogP contribution in [0.3, 0.4) is 0 Å². The van der Waals surface area contributed by atoms with Crippen LogP contribution in [0.15, 0.2) is 48.9 Å². The summed E-state index contributed by atoms with van der Waals surface area (Å²) in [6.07, 6.45) is 10.5. The van der Waals surface area contributed by atoms with E-state index in [2.05, 4.69) is 55.4 Å². The van der Waals surface area contributed by atoms with Gasteiger partial charge in [0.15, 0.2) is 0 Å². The van der Waals surface area contributed by atoms with Crippen molar-refractivity contribution in [1.82, 2.24) is 20.6 Å². The molecule has 1 saturated heterocycles. The van der Waals surface area contributed by atoms with Crippen LogP contribution >= 0.6 is 12.6 Å². The van der Waals surface area contributed by atoms with E-state index in [1.165, 1.54) is 38.5 Å². The molecule has 1 aliphatic rings. The Morgan fingerprint density at radius 1 is 1.02 bits per heavy atom. The van der Waals surface area contributed by atoms with Gasteiger partial charge in [0.1, 0.15) is 0 Å². The van der Waals surface area contributed by atoms with Crippen molar-refractivity contribution >= 4 is 28.7 Å². The molecule has 7 N–H and O–H groups in total. The number of carboxylic acid groups (broad SMARTS) is 1. The van der Waals surface area contributed by atoms with Crippen molar-refractivity contribution in [1.29, 1.82) is 0 Å². The molecule has 2 aromatic rings. The first kappa shape index (κ1) is 62.6. The predicted octanol–water partition coefficient (Wildman–Crippen LogP) is 3.86. The molecular formula is C31H69N5O8S2. The SMILES string of the molecule is CC(=O)O.CC1CCNCC1.CCOC.CN.CNC.CO.COC.CS.CS(=O)(=O)O.Cc1ccccn1.Cc1ccncc1.